The van der Waals surface area contributed by atoms with Gasteiger partial charge < -0.3 is 5.11 Å². The Morgan fingerprint density at radius 3 is 2.75 bits per heavy atom. The summed E-state index contributed by atoms with van der Waals surface area (Å²) in [6, 6.07) is 6.84. The van der Waals surface area contributed by atoms with Gasteiger partial charge in [-0.3, -0.25) is 9.69 Å². The van der Waals surface area contributed by atoms with Crippen molar-refractivity contribution >= 4 is 5.97 Å². The van der Waals surface area contributed by atoms with Crippen LogP contribution in [0.3, 0.4) is 0 Å². The highest BCUT2D eigenvalue weighted by Gasteiger charge is 2.21. The average molecular weight is 222 g/mol. The van der Waals surface area contributed by atoms with Gasteiger partial charge in [-0.15, -0.1) is 0 Å². The quantitative estimate of drug-likeness (QED) is 0.836. The van der Waals surface area contributed by atoms with E-state index >= 15 is 0 Å². The molecule has 0 aromatic heterocycles. The fourth-order valence-corrected chi connectivity index (χ4v) is 1.41. The summed E-state index contributed by atoms with van der Waals surface area (Å²) in [4.78, 5) is 11.8. The molecule has 1 atom stereocenters. The number of carboxylic acid groups (broad SMARTS) is 1. The molecule has 0 aliphatic carbocycles. The Morgan fingerprint density at radius 2 is 2.25 bits per heavy atom. The van der Waals surface area contributed by atoms with Crippen LogP contribution in [-0.4, -0.2) is 29.6 Å². The molecule has 0 bridgehead atoms. The Bertz CT molecular complexity index is 428. The molecule has 0 saturated carbocycles. The molecule has 1 N–H and O–H groups in total. The van der Waals surface area contributed by atoms with Crippen molar-refractivity contribution in [2.75, 3.05) is 13.6 Å². The largest absolute Gasteiger partial charge is 0.480 e. The van der Waals surface area contributed by atoms with Gasteiger partial charge in [-0.2, -0.15) is 5.26 Å². The molecular weight excluding hydrogens is 211 g/mol. The molecule has 84 valence electrons. The molecule has 1 rings (SSSR count). The average Bonchev–Trinajstić information content (AvgIpc) is 2.20. The van der Waals surface area contributed by atoms with Crippen LogP contribution in [-0.2, 0) is 4.79 Å². The van der Waals surface area contributed by atoms with E-state index in [0.29, 0.717) is 0 Å². The third kappa shape index (κ3) is 2.78. The maximum atomic E-state index is 13.4. The maximum absolute atomic E-state index is 13.4. The lowest BCUT2D eigenvalue weighted by Crippen LogP contribution is -2.29. The minimum absolute atomic E-state index is 0.189. The Balaban J connectivity index is 2.96. The highest BCUT2D eigenvalue weighted by atomic mass is 19.1. The molecule has 0 aliphatic heterocycles. The second kappa shape index (κ2) is 5.24. The van der Waals surface area contributed by atoms with E-state index in [4.69, 9.17) is 10.4 Å². The van der Waals surface area contributed by atoms with Gasteiger partial charge in [0.15, 0.2) is 0 Å². The second-order valence-electron chi connectivity index (χ2n) is 3.36. The fourth-order valence-electron chi connectivity index (χ4n) is 1.41. The first-order valence-corrected chi connectivity index (χ1v) is 4.62. The number of hydrogen-bond donors (Lipinski definition) is 1. The zero-order chi connectivity index (χ0) is 12.1. The molecule has 0 amide bonds. The molecule has 0 spiro atoms. The van der Waals surface area contributed by atoms with Gasteiger partial charge in [0.2, 0.25) is 0 Å². The van der Waals surface area contributed by atoms with Crippen molar-refractivity contribution in [3.8, 4) is 6.07 Å². The van der Waals surface area contributed by atoms with E-state index in [-0.39, 0.29) is 12.1 Å². The van der Waals surface area contributed by atoms with E-state index in [2.05, 4.69) is 0 Å². The summed E-state index contributed by atoms with van der Waals surface area (Å²) in [5.74, 6) is -1.56. The summed E-state index contributed by atoms with van der Waals surface area (Å²) in [5, 5.41) is 17.5. The van der Waals surface area contributed by atoms with Gasteiger partial charge in [-0.1, -0.05) is 18.2 Å². The maximum Gasteiger partial charge on any atom is 0.317 e. The molecular formula is C11H11FN2O2. The van der Waals surface area contributed by atoms with Crippen LogP contribution < -0.4 is 0 Å². The number of likely N-dealkylation sites (N-methyl/N-ethyl adjacent to an activating group) is 1. The van der Waals surface area contributed by atoms with E-state index in [1.807, 2.05) is 6.07 Å². The Morgan fingerprint density at radius 1 is 1.62 bits per heavy atom. The fraction of sp³-hybridized carbons (Fsp3) is 0.273. The molecule has 1 unspecified atom stereocenters. The molecule has 0 radical (unpaired) electrons. The minimum Gasteiger partial charge on any atom is -0.480 e. The van der Waals surface area contributed by atoms with Gasteiger partial charge >= 0.3 is 5.97 Å². The van der Waals surface area contributed by atoms with Crippen molar-refractivity contribution in [2.45, 2.75) is 6.04 Å². The SMILES string of the molecule is CN(CC(=O)O)C(C#N)c1ccccc1F. The number of hydrogen-bond acceptors (Lipinski definition) is 3. The topological polar surface area (TPSA) is 64.3 Å². The monoisotopic (exact) mass is 222 g/mol. The van der Waals surface area contributed by atoms with Crippen LogP contribution in [0.15, 0.2) is 24.3 Å². The molecule has 5 heteroatoms. The first kappa shape index (κ1) is 12.1. The summed E-state index contributed by atoms with van der Waals surface area (Å²) in [6.45, 7) is -0.313. The second-order valence-corrected chi connectivity index (χ2v) is 3.36. The molecule has 0 aliphatic rings. The van der Waals surface area contributed by atoms with Crippen molar-refractivity contribution in [1.82, 2.24) is 4.90 Å². The summed E-state index contributed by atoms with van der Waals surface area (Å²) >= 11 is 0. The summed E-state index contributed by atoms with van der Waals surface area (Å²) in [5.41, 5.74) is 0.189. The summed E-state index contributed by atoms with van der Waals surface area (Å²) < 4.78 is 13.4. The van der Waals surface area contributed by atoms with Crippen LogP contribution >= 0.6 is 0 Å². The molecule has 0 saturated heterocycles. The number of carboxylic acids is 1. The smallest absolute Gasteiger partial charge is 0.317 e. The first-order valence-electron chi connectivity index (χ1n) is 4.62. The Kier molecular flexibility index (Phi) is 3.97. The lowest BCUT2D eigenvalue weighted by Gasteiger charge is -2.20. The molecule has 4 nitrogen and oxygen atoms in total. The zero-order valence-electron chi connectivity index (χ0n) is 8.72. The third-order valence-corrected chi connectivity index (χ3v) is 2.15. The van der Waals surface area contributed by atoms with Crippen molar-refractivity contribution < 1.29 is 14.3 Å². The molecule has 0 fully saturated rings. The van der Waals surface area contributed by atoms with Gasteiger partial charge in [0, 0.05) is 5.56 Å². The lowest BCUT2D eigenvalue weighted by atomic mass is 10.1. The van der Waals surface area contributed by atoms with E-state index in [9.17, 15) is 9.18 Å². The van der Waals surface area contributed by atoms with Crippen molar-refractivity contribution in [1.29, 1.82) is 5.26 Å². The van der Waals surface area contributed by atoms with Gasteiger partial charge in [0.1, 0.15) is 11.9 Å². The van der Waals surface area contributed by atoms with Gasteiger partial charge in [0.25, 0.3) is 0 Å². The van der Waals surface area contributed by atoms with Crippen LogP contribution in [0.25, 0.3) is 0 Å². The molecule has 1 aromatic rings. The number of aliphatic carboxylic acids is 1. The number of nitriles is 1. The lowest BCUT2D eigenvalue weighted by molar-refractivity contribution is -0.138. The normalized spacial score (nSPS) is 12.1. The highest BCUT2D eigenvalue weighted by molar-refractivity contribution is 5.69. The van der Waals surface area contributed by atoms with Crippen molar-refractivity contribution in [3.63, 3.8) is 0 Å². The zero-order valence-corrected chi connectivity index (χ0v) is 8.72. The van der Waals surface area contributed by atoms with Crippen LogP contribution in [0.4, 0.5) is 4.39 Å². The number of halogens is 1. The van der Waals surface area contributed by atoms with E-state index < -0.39 is 17.8 Å². The van der Waals surface area contributed by atoms with E-state index in [0.717, 1.165) is 0 Å². The molecule has 0 heterocycles. The third-order valence-electron chi connectivity index (χ3n) is 2.15. The van der Waals surface area contributed by atoms with E-state index in [1.165, 1.54) is 30.1 Å². The number of benzene rings is 1. The van der Waals surface area contributed by atoms with E-state index in [1.54, 1.807) is 6.07 Å². The minimum atomic E-state index is -1.06. The first-order chi connectivity index (χ1) is 7.56. The van der Waals surface area contributed by atoms with Gasteiger partial charge in [-0.25, -0.2) is 4.39 Å². The standard InChI is InChI=1S/C11H11FN2O2/c1-14(7-11(15)16)10(6-13)8-4-2-3-5-9(8)12/h2-5,10H,7H2,1H3,(H,15,16). The number of rotatable bonds is 4. The summed E-state index contributed by atoms with van der Waals surface area (Å²) in [7, 11) is 1.47. The van der Waals surface area contributed by atoms with Crippen molar-refractivity contribution in [2.24, 2.45) is 0 Å². The van der Waals surface area contributed by atoms with Crippen LogP contribution in [0, 0.1) is 17.1 Å². The predicted octanol–water partition coefficient (Wildman–Crippen LogP) is 1.41. The number of carbonyl (C=O) groups is 1. The van der Waals surface area contributed by atoms with Crippen molar-refractivity contribution in [3.05, 3.63) is 35.6 Å². The van der Waals surface area contributed by atoms with Gasteiger partial charge in [0.05, 0.1) is 12.6 Å². The summed E-state index contributed by atoms with van der Waals surface area (Å²) in [6.07, 6.45) is 0. The van der Waals surface area contributed by atoms with Crippen LogP contribution in [0.5, 0.6) is 0 Å². The molecule has 1 aromatic carbocycles. The predicted molar refractivity (Wildman–Crippen MR) is 55.0 cm³/mol. The Labute approximate surface area is 92.5 Å². The van der Waals surface area contributed by atoms with Gasteiger partial charge in [-0.05, 0) is 13.1 Å². The van der Waals surface area contributed by atoms with Crippen LogP contribution in [0.1, 0.15) is 11.6 Å². The highest BCUT2D eigenvalue weighted by Crippen LogP contribution is 2.20. The number of nitrogens with zero attached hydrogens (tertiary/aromatic N) is 2. The Hall–Kier alpha value is -1.93. The molecule has 16 heavy (non-hydrogen) atoms. The van der Waals surface area contributed by atoms with Crippen LogP contribution in [0.2, 0.25) is 0 Å².